The van der Waals surface area contributed by atoms with E-state index in [1.54, 1.807) is 7.05 Å². The molecule has 0 aliphatic carbocycles. The number of aromatic amines is 2. The third kappa shape index (κ3) is 6.85. The van der Waals surface area contributed by atoms with Crippen molar-refractivity contribution >= 4 is 64.9 Å². The highest BCUT2D eigenvalue weighted by Crippen LogP contribution is 2.25. The van der Waals surface area contributed by atoms with Crippen molar-refractivity contribution in [2.45, 2.75) is 6.42 Å². The number of rotatable bonds is 2. The number of aliphatic imine (C=N–C) groups is 1. The summed E-state index contributed by atoms with van der Waals surface area (Å²) in [7, 11) is 2.96. The Bertz CT molecular complexity index is 1790. The van der Waals surface area contributed by atoms with Crippen LogP contribution in [0.15, 0.2) is 49.0 Å². The molecule has 0 atom stereocenters. The minimum absolute atomic E-state index is 0. The molecular weight excluding hydrogens is 593 g/mol. The number of fused-ring (bicyclic) bond motifs is 1. The minimum Gasteiger partial charge on any atom is -0.391 e. The Morgan fingerprint density at radius 1 is 0.850 bits per heavy atom. The van der Waals surface area contributed by atoms with E-state index in [0.717, 1.165) is 4.57 Å². The van der Waals surface area contributed by atoms with Crippen LogP contribution < -0.4 is 34.0 Å². The number of hydrogen-bond donors (Lipinski definition) is 4. The molecule has 5 rings (SSSR count). The van der Waals surface area contributed by atoms with Gasteiger partial charge in [-0.2, -0.15) is 0 Å². The van der Waals surface area contributed by atoms with E-state index in [2.05, 4.69) is 29.9 Å². The summed E-state index contributed by atoms with van der Waals surface area (Å²) in [5.41, 5.74) is 9.80. The van der Waals surface area contributed by atoms with Crippen molar-refractivity contribution in [3.63, 3.8) is 0 Å². The predicted molar refractivity (Wildman–Crippen MR) is 150 cm³/mol. The normalized spacial score (nSPS) is 11.1. The molecule has 0 fully saturated rings. The predicted octanol–water partition coefficient (Wildman–Crippen LogP) is -0.204. The first kappa shape index (κ1) is 31.5. The zero-order chi connectivity index (χ0) is 28.9. The quantitative estimate of drug-likeness (QED) is 0.216. The summed E-state index contributed by atoms with van der Waals surface area (Å²) >= 11 is 11.4. The molecule has 210 valence electrons. The molecule has 0 amide bonds. The number of aromatic nitrogens is 8. The van der Waals surface area contributed by atoms with E-state index < -0.39 is 22.5 Å². The zero-order valence-corrected chi connectivity index (χ0v) is 22.9. The molecule has 4 aromatic rings. The lowest BCUT2D eigenvalue weighted by Gasteiger charge is -2.02. The van der Waals surface area contributed by atoms with Crippen LogP contribution in [0.25, 0.3) is 0 Å². The van der Waals surface area contributed by atoms with Gasteiger partial charge in [0, 0.05) is 45.3 Å². The number of carbonyl (C=O) groups excluding carboxylic acids is 1. The lowest BCUT2D eigenvalue weighted by Crippen LogP contribution is -2.32. The van der Waals surface area contributed by atoms with Gasteiger partial charge >= 0.3 is 11.4 Å². The Balaban J connectivity index is 0.000000228. The molecule has 0 saturated heterocycles. The Morgan fingerprint density at radius 2 is 1.40 bits per heavy atom. The van der Waals surface area contributed by atoms with Gasteiger partial charge in [0.2, 0.25) is 0 Å². The second kappa shape index (κ2) is 13.4. The van der Waals surface area contributed by atoms with Gasteiger partial charge in [-0.1, -0.05) is 23.2 Å². The summed E-state index contributed by atoms with van der Waals surface area (Å²) in [6, 6.07) is 0. The van der Waals surface area contributed by atoms with Crippen LogP contribution >= 0.6 is 35.6 Å². The van der Waals surface area contributed by atoms with Gasteiger partial charge in [0.05, 0.1) is 11.3 Å². The monoisotopic (exact) mass is 611 g/mol. The number of aldehydes is 1. The molecule has 19 heteroatoms. The highest BCUT2D eigenvalue weighted by molar-refractivity contribution is 6.33. The molecule has 0 unspecified atom stereocenters. The van der Waals surface area contributed by atoms with Gasteiger partial charge in [0.15, 0.2) is 16.6 Å². The van der Waals surface area contributed by atoms with Crippen molar-refractivity contribution in [1.29, 1.82) is 0 Å². The molecule has 0 bridgehead atoms. The van der Waals surface area contributed by atoms with Crippen molar-refractivity contribution in [2.24, 2.45) is 19.1 Å². The lowest BCUT2D eigenvalue weighted by molar-refractivity contribution is 0.111. The zero-order valence-electron chi connectivity index (χ0n) is 20.6. The van der Waals surface area contributed by atoms with Crippen molar-refractivity contribution < 1.29 is 4.79 Å². The second-order valence-electron chi connectivity index (χ2n) is 7.52. The standard InChI is InChI=1S/C11H8ClN5O2.C5H3ClN2O.C5H8N4O2.ClH/c1-17-9-5(10(18)16-11(17)19)4-6(15-9)7-8(12)14-3-2-13-7;6-5-4(3-9)7-1-2-8-5;1-9-3(7)2(6)4(10)8-5(9)11;/h2-3H,4H2,1H3,(H,16,18,19);1-3H;6-7H2,1H3,(H,8,10,11);1H. The number of nitrogen functional groups attached to an aromatic ring is 2. The van der Waals surface area contributed by atoms with Crippen LogP contribution in [0.3, 0.4) is 0 Å². The van der Waals surface area contributed by atoms with E-state index in [0.29, 0.717) is 29.1 Å². The topological polar surface area (TPSA) is 243 Å². The molecule has 0 spiro atoms. The van der Waals surface area contributed by atoms with Crippen molar-refractivity contribution in [3.8, 4) is 0 Å². The molecule has 0 radical (unpaired) electrons. The van der Waals surface area contributed by atoms with Crippen molar-refractivity contribution in [3.05, 3.63) is 93.7 Å². The number of carbonyl (C=O) groups is 1. The van der Waals surface area contributed by atoms with E-state index in [4.69, 9.17) is 34.7 Å². The fourth-order valence-corrected chi connectivity index (χ4v) is 3.37. The molecule has 5 heterocycles. The number of nitrogens with two attached hydrogens (primary N) is 2. The molecule has 40 heavy (non-hydrogen) atoms. The number of nitrogens with one attached hydrogen (secondary N) is 2. The summed E-state index contributed by atoms with van der Waals surface area (Å²) in [6.45, 7) is 0. The van der Waals surface area contributed by atoms with Gasteiger partial charge in [0.25, 0.3) is 11.1 Å². The fraction of sp³-hybridized carbons (Fsp3) is 0.143. The number of hydrogen-bond acceptors (Lipinski definition) is 12. The second-order valence-corrected chi connectivity index (χ2v) is 8.23. The largest absolute Gasteiger partial charge is 0.391 e. The first-order valence-electron chi connectivity index (χ1n) is 10.6. The molecule has 16 nitrogen and oxygen atoms in total. The number of halogens is 3. The highest BCUT2D eigenvalue weighted by Gasteiger charge is 2.24. The van der Waals surface area contributed by atoms with Crippen LogP contribution in [0.1, 0.15) is 21.7 Å². The van der Waals surface area contributed by atoms with Crippen molar-refractivity contribution in [2.75, 3.05) is 11.5 Å². The number of nitrogens with zero attached hydrogens (tertiary/aromatic N) is 7. The van der Waals surface area contributed by atoms with E-state index in [1.807, 2.05) is 4.98 Å². The van der Waals surface area contributed by atoms with E-state index >= 15 is 0 Å². The average Bonchev–Trinajstić information content (AvgIpc) is 3.37. The summed E-state index contributed by atoms with van der Waals surface area (Å²) in [4.78, 5) is 78.6. The third-order valence-electron chi connectivity index (χ3n) is 5.10. The Kier molecular flexibility index (Phi) is 10.6. The van der Waals surface area contributed by atoms with Gasteiger partial charge in [-0.25, -0.2) is 29.5 Å². The molecule has 4 aromatic heterocycles. The van der Waals surface area contributed by atoms with Crippen LogP contribution in [-0.4, -0.2) is 51.0 Å². The summed E-state index contributed by atoms with van der Waals surface area (Å²) < 4.78 is 2.35. The maximum absolute atomic E-state index is 11.7. The van der Waals surface area contributed by atoms with E-state index in [1.165, 1.54) is 36.4 Å². The summed E-state index contributed by atoms with van der Waals surface area (Å²) in [6.07, 6.45) is 6.64. The maximum Gasteiger partial charge on any atom is 0.329 e. The first-order valence-corrected chi connectivity index (χ1v) is 11.3. The van der Waals surface area contributed by atoms with E-state index in [9.17, 15) is 24.0 Å². The SMILES string of the molecule is Cl.Cn1c(N)c(N)c(=O)[nH]c1=O.Cn1c2c(c(=O)[nH]c1=O)CC(c1nccnc1Cl)=N2.O=Cc1nccnc1Cl. The van der Waals surface area contributed by atoms with Gasteiger partial charge < -0.3 is 11.5 Å². The number of anilines is 2. The average molecular weight is 613 g/mol. The molecule has 6 N–H and O–H groups in total. The van der Waals surface area contributed by atoms with Crippen LogP contribution in [-0.2, 0) is 20.5 Å². The first-order chi connectivity index (χ1) is 18.5. The van der Waals surface area contributed by atoms with Crippen molar-refractivity contribution in [1.82, 2.24) is 39.0 Å². The molecular formula is C21H20Cl3N11O5. The van der Waals surface area contributed by atoms with Crippen LogP contribution in [0, 0.1) is 0 Å². The number of H-pyrrole nitrogens is 2. The lowest BCUT2D eigenvalue weighted by atomic mass is 10.1. The smallest absolute Gasteiger partial charge is 0.329 e. The van der Waals surface area contributed by atoms with Crippen LogP contribution in [0.2, 0.25) is 10.3 Å². The molecule has 1 aliphatic rings. The van der Waals surface area contributed by atoms with Crippen LogP contribution in [0.4, 0.5) is 17.3 Å². The minimum atomic E-state index is -0.648. The van der Waals surface area contributed by atoms with Gasteiger partial charge in [0.1, 0.15) is 28.7 Å². The third-order valence-corrected chi connectivity index (χ3v) is 5.66. The Labute approximate surface area is 239 Å². The van der Waals surface area contributed by atoms with E-state index in [-0.39, 0.29) is 46.3 Å². The van der Waals surface area contributed by atoms with Crippen LogP contribution in [0.5, 0.6) is 0 Å². The van der Waals surface area contributed by atoms with Gasteiger partial charge in [-0.05, 0) is 0 Å². The molecule has 0 saturated carbocycles. The van der Waals surface area contributed by atoms with Gasteiger partial charge in [-0.15, -0.1) is 12.4 Å². The summed E-state index contributed by atoms with van der Waals surface area (Å²) in [5, 5.41) is 0.364. The Hall–Kier alpha value is -4.67. The molecule has 0 aromatic carbocycles. The summed E-state index contributed by atoms with van der Waals surface area (Å²) in [5.74, 6) is 0.323. The highest BCUT2D eigenvalue weighted by atomic mass is 35.5. The van der Waals surface area contributed by atoms with Gasteiger partial charge in [-0.3, -0.25) is 38.5 Å². The molecule has 1 aliphatic heterocycles. The Morgan fingerprint density at radius 3 is 1.98 bits per heavy atom. The fourth-order valence-electron chi connectivity index (χ4n) is 3.01. The maximum atomic E-state index is 11.7.